The van der Waals surface area contributed by atoms with Crippen molar-refractivity contribution in [3.05, 3.63) is 64.1 Å². The molecule has 2 aromatic rings. The van der Waals surface area contributed by atoms with Crippen molar-refractivity contribution in [3.63, 3.8) is 0 Å². The van der Waals surface area contributed by atoms with Gasteiger partial charge in [-0.05, 0) is 55.2 Å². The Morgan fingerprint density at radius 2 is 1.81 bits per heavy atom. The molecule has 0 bridgehead atoms. The van der Waals surface area contributed by atoms with Gasteiger partial charge in [0, 0.05) is 30.1 Å². The first-order valence-corrected chi connectivity index (χ1v) is 8.70. The van der Waals surface area contributed by atoms with Crippen LogP contribution in [0.4, 0.5) is 5.69 Å². The molecule has 1 aromatic carbocycles. The van der Waals surface area contributed by atoms with Crippen LogP contribution in [0.1, 0.15) is 36.2 Å². The first-order chi connectivity index (χ1) is 12.3. The predicted molar refractivity (Wildman–Crippen MR) is 102 cm³/mol. The fourth-order valence-electron chi connectivity index (χ4n) is 2.37. The van der Waals surface area contributed by atoms with E-state index in [2.05, 4.69) is 24.5 Å². The number of rotatable bonds is 7. The Bertz CT molecular complexity index is 823. The molecule has 1 aromatic heterocycles. The Kier molecular flexibility index (Phi) is 6.72. The first-order valence-electron chi connectivity index (χ1n) is 8.70. The Hall–Kier alpha value is -2.89. The van der Waals surface area contributed by atoms with E-state index in [1.54, 1.807) is 36.5 Å². The van der Waals surface area contributed by atoms with Crippen molar-refractivity contribution in [3.8, 4) is 0 Å². The van der Waals surface area contributed by atoms with Gasteiger partial charge in [0.1, 0.15) is 6.54 Å². The molecule has 0 saturated carbocycles. The van der Waals surface area contributed by atoms with Gasteiger partial charge in [-0.25, -0.2) is 0 Å². The van der Waals surface area contributed by atoms with Crippen LogP contribution in [0.3, 0.4) is 0 Å². The Morgan fingerprint density at radius 3 is 2.42 bits per heavy atom. The number of anilines is 1. The second-order valence-electron chi connectivity index (χ2n) is 6.73. The van der Waals surface area contributed by atoms with Gasteiger partial charge in [0.25, 0.3) is 11.5 Å². The molecule has 0 unspecified atom stereocenters. The lowest BCUT2D eigenvalue weighted by molar-refractivity contribution is -0.116. The second-order valence-corrected chi connectivity index (χ2v) is 6.73. The molecular formula is C20H25N3O3. The molecule has 0 aliphatic rings. The third-order valence-corrected chi connectivity index (χ3v) is 3.90. The lowest BCUT2D eigenvalue weighted by Crippen LogP contribution is -2.27. The highest BCUT2D eigenvalue weighted by Crippen LogP contribution is 2.10. The highest BCUT2D eigenvalue weighted by Gasteiger charge is 2.08. The van der Waals surface area contributed by atoms with Gasteiger partial charge < -0.3 is 15.2 Å². The quantitative estimate of drug-likeness (QED) is 0.801. The van der Waals surface area contributed by atoms with Crippen LogP contribution in [0.2, 0.25) is 0 Å². The van der Waals surface area contributed by atoms with Crippen LogP contribution in [0.5, 0.6) is 0 Å². The first kappa shape index (κ1) is 19.4. The Labute approximate surface area is 153 Å². The summed E-state index contributed by atoms with van der Waals surface area (Å²) in [5.74, 6) is 0.105. The highest BCUT2D eigenvalue weighted by molar-refractivity contribution is 5.95. The van der Waals surface area contributed by atoms with Crippen LogP contribution in [-0.4, -0.2) is 22.9 Å². The number of carbonyl (C=O) groups excluding carboxylic acids is 2. The standard InChI is InChI=1S/C20H25N3O3/c1-14(2)8-10-21-20(26)16-4-6-17(7-5-16)22-18(24)13-23-11-9-15(3)12-19(23)25/h4-7,9,11-12,14H,8,10,13H2,1-3H3,(H,21,26)(H,22,24). The van der Waals surface area contributed by atoms with Crippen molar-refractivity contribution in [2.24, 2.45) is 5.92 Å². The number of nitrogens with one attached hydrogen (secondary N) is 2. The van der Waals surface area contributed by atoms with Gasteiger partial charge in [0.2, 0.25) is 5.91 Å². The molecule has 0 radical (unpaired) electrons. The second kappa shape index (κ2) is 8.99. The van der Waals surface area contributed by atoms with E-state index >= 15 is 0 Å². The summed E-state index contributed by atoms with van der Waals surface area (Å²) in [5, 5.41) is 5.60. The summed E-state index contributed by atoms with van der Waals surface area (Å²) >= 11 is 0. The summed E-state index contributed by atoms with van der Waals surface area (Å²) in [6.45, 7) is 6.62. The van der Waals surface area contributed by atoms with Crippen molar-refractivity contribution < 1.29 is 9.59 Å². The van der Waals surface area contributed by atoms with Gasteiger partial charge in [0.15, 0.2) is 0 Å². The average molecular weight is 355 g/mol. The molecule has 138 valence electrons. The van der Waals surface area contributed by atoms with Gasteiger partial charge in [-0.15, -0.1) is 0 Å². The van der Waals surface area contributed by atoms with E-state index < -0.39 is 0 Å². The minimum Gasteiger partial charge on any atom is -0.352 e. The van der Waals surface area contributed by atoms with E-state index in [0.717, 1.165) is 12.0 Å². The largest absolute Gasteiger partial charge is 0.352 e. The number of hydrogen-bond donors (Lipinski definition) is 2. The molecular weight excluding hydrogens is 330 g/mol. The third-order valence-electron chi connectivity index (χ3n) is 3.90. The normalized spacial score (nSPS) is 10.6. The number of nitrogens with zero attached hydrogens (tertiary/aromatic N) is 1. The average Bonchev–Trinajstić information content (AvgIpc) is 2.57. The molecule has 0 atom stereocenters. The maximum absolute atomic E-state index is 12.1. The van der Waals surface area contributed by atoms with Gasteiger partial charge in [0.05, 0.1) is 0 Å². The highest BCUT2D eigenvalue weighted by atomic mass is 16.2. The summed E-state index contributed by atoms with van der Waals surface area (Å²) in [4.78, 5) is 35.9. The zero-order chi connectivity index (χ0) is 19.1. The van der Waals surface area contributed by atoms with E-state index in [4.69, 9.17) is 0 Å². The summed E-state index contributed by atoms with van der Waals surface area (Å²) < 4.78 is 1.35. The predicted octanol–water partition coefficient (Wildman–Crippen LogP) is 2.57. The summed E-state index contributed by atoms with van der Waals surface area (Å²) in [7, 11) is 0. The maximum Gasteiger partial charge on any atom is 0.251 e. The molecule has 2 rings (SSSR count). The molecule has 26 heavy (non-hydrogen) atoms. The van der Waals surface area contributed by atoms with Crippen LogP contribution in [-0.2, 0) is 11.3 Å². The molecule has 0 fully saturated rings. The number of hydrogen-bond acceptors (Lipinski definition) is 3. The van der Waals surface area contributed by atoms with E-state index in [1.807, 2.05) is 6.92 Å². The van der Waals surface area contributed by atoms with Crippen LogP contribution < -0.4 is 16.2 Å². The molecule has 0 aliphatic carbocycles. The number of aromatic nitrogens is 1. The van der Waals surface area contributed by atoms with Crippen LogP contribution in [0, 0.1) is 12.8 Å². The molecule has 0 spiro atoms. The molecule has 6 heteroatoms. The minimum absolute atomic E-state index is 0.0590. The number of aryl methyl sites for hydroxylation is 1. The fourth-order valence-corrected chi connectivity index (χ4v) is 2.37. The lowest BCUT2D eigenvalue weighted by Gasteiger charge is -2.09. The molecule has 0 saturated heterocycles. The molecule has 0 aliphatic heterocycles. The topological polar surface area (TPSA) is 80.2 Å². The van der Waals surface area contributed by atoms with Crippen molar-refractivity contribution in [1.29, 1.82) is 0 Å². The van der Waals surface area contributed by atoms with E-state index in [0.29, 0.717) is 23.7 Å². The van der Waals surface area contributed by atoms with Gasteiger partial charge in [-0.1, -0.05) is 13.8 Å². The van der Waals surface area contributed by atoms with Crippen LogP contribution in [0.15, 0.2) is 47.4 Å². The van der Waals surface area contributed by atoms with Crippen LogP contribution in [0.25, 0.3) is 0 Å². The maximum atomic E-state index is 12.1. The summed E-state index contributed by atoms with van der Waals surface area (Å²) in [6, 6.07) is 9.94. The Morgan fingerprint density at radius 1 is 1.12 bits per heavy atom. The molecule has 2 N–H and O–H groups in total. The summed E-state index contributed by atoms with van der Waals surface area (Å²) in [6.07, 6.45) is 2.53. The SMILES string of the molecule is Cc1ccn(CC(=O)Nc2ccc(C(=O)NCCC(C)C)cc2)c(=O)c1. The van der Waals surface area contributed by atoms with Crippen molar-refractivity contribution in [1.82, 2.24) is 9.88 Å². The monoisotopic (exact) mass is 355 g/mol. The van der Waals surface area contributed by atoms with E-state index in [-0.39, 0.29) is 23.9 Å². The van der Waals surface area contributed by atoms with Crippen molar-refractivity contribution in [2.75, 3.05) is 11.9 Å². The molecule has 2 amide bonds. The summed E-state index contributed by atoms with van der Waals surface area (Å²) in [5.41, 5.74) is 1.76. The van der Waals surface area contributed by atoms with Crippen molar-refractivity contribution in [2.45, 2.75) is 33.7 Å². The van der Waals surface area contributed by atoms with E-state index in [1.165, 1.54) is 10.6 Å². The zero-order valence-corrected chi connectivity index (χ0v) is 15.4. The third kappa shape index (κ3) is 5.88. The Balaban J connectivity index is 1.90. The van der Waals surface area contributed by atoms with Gasteiger partial charge >= 0.3 is 0 Å². The smallest absolute Gasteiger partial charge is 0.251 e. The van der Waals surface area contributed by atoms with Crippen molar-refractivity contribution >= 4 is 17.5 Å². The molecule has 6 nitrogen and oxygen atoms in total. The number of amides is 2. The zero-order valence-electron chi connectivity index (χ0n) is 15.4. The van der Waals surface area contributed by atoms with E-state index in [9.17, 15) is 14.4 Å². The van der Waals surface area contributed by atoms with Crippen LogP contribution >= 0.6 is 0 Å². The molecule has 1 heterocycles. The fraction of sp³-hybridized carbons (Fsp3) is 0.350. The minimum atomic E-state index is -0.301. The number of pyridine rings is 1. The lowest BCUT2D eigenvalue weighted by atomic mass is 10.1. The number of benzene rings is 1. The number of carbonyl (C=O) groups is 2. The van der Waals surface area contributed by atoms with Gasteiger partial charge in [-0.3, -0.25) is 14.4 Å². The van der Waals surface area contributed by atoms with Gasteiger partial charge in [-0.2, -0.15) is 0 Å².